The highest BCUT2D eigenvalue weighted by molar-refractivity contribution is 5.82. The van der Waals surface area contributed by atoms with E-state index >= 15 is 0 Å². The lowest BCUT2D eigenvalue weighted by molar-refractivity contribution is -0.136. The van der Waals surface area contributed by atoms with Gasteiger partial charge in [-0.1, -0.05) is 27.7 Å². The Morgan fingerprint density at radius 2 is 1.80 bits per heavy atom. The molecule has 0 saturated heterocycles. The molecule has 0 aliphatic rings. The molecule has 0 aromatic heterocycles. The van der Waals surface area contributed by atoms with E-state index in [0.29, 0.717) is 0 Å². The summed E-state index contributed by atoms with van der Waals surface area (Å²) in [6.07, 6.45) is 0.969. The van der Waals surface area contributed by atoms with Crippen LogP contribution >= 0.6 is 0 Å². The van der Waals surface area contributed by atoms with E-state index in [1.807, 2.05) is 32.6 Å². The summed E-state index contributed by atoms with van der Waals surface area (Å²) in [5.41, 5.74) is 5.80. The molecule has 2 N–H and O–H groups in total. The minimum Gasteiger partial charge on any atom is -0.339 e. The topological polar surface area (TPSA) is 46.3 Å². The van der Waals surface area contributed by atoms with Crippen molar-refractivity contribution in [2.24, 2.45) is 11.1 Å². The zero-order valence-electron chi connectivity index (χ0n) is 11.0. The van der Waals surface area contributed by atoms with Crippen molar-refractivity contribution in [1.82, 2.24) is 4.90 Å². The first-order valence-electron chi connectivity index (χ1n) is 5.81. The van der Waals surface area contributed by atoms with Gasteiger partial charge in [-0.05, 0) is 25.7 Å². The van der Waals surface area contributed by atoms with Crippen LogP contribution in [0.15, 0.2) is 0 Å². The van der Waals surface area contributed by atoms with Crippen molar-refractivity contribution in [2.75, 3.05) is 6.54 Å². The summed E-state index contributed by atoms with van der Waals surface area (Å²) in [7, 11) is 0. The maximum atomic E-state index is 12.1. The zero-order chi connectivity index (χ0) is 12.2. The van der Waals surface area contributed by atoms with E-state index in [2.05, 4.69) is 13.8 Å². The average Bonchev–Trinajstić information content (AvgIpc) is 2.15. The molecule has 1 amide bonds. The minimum atomic E-state index is -0.411. The average molecular weight is 214 g/mol. The second kappa shape index (κ2) is 5.50. The van der Waals surface area contributed by atoms with Gasteiger partial charge in [-0.2, -0.15) is 0 Å². The van der Waals surface area contributed by atoms with Gasteiger partial charge in [0.2, 0.25) is 5.91 Å². The number of likely N-dealkylation sites (N-methyl/N-ethyl adjacent to an activating group) is 1. The Kier molecular flexibility index (Phi) is 5.29. The molecule has 0 aliphatic carbocycles. The van der Waals surface area contributed by atoms with Gasteiger partial charge in [-0.15, -0.1) is 0 Å². The van der Waals surface area contributed by atoms with Crippen LogP contribution in [0.1, 0.15) is 48.0 Å². The van der Waals surface area contributed by atoms with Crippen molar-refractivity contribution in [3.05, 3.63) is 0 Å². The van der Waals surface area contributed by atoms with Crippen LogP contribution in [0.5, 0.6) is 0 Å². The van der Waals surface area contributed by atoms with Crippen LogP contribution in [0.25, 0.3) is 0 Å². The number of carbonyl (C=O) groups is 1. The molecule has 0 heterocycles. The molecule has 0 saturated carbocycles. The summed E-state index contributed by atoms with van der Waals surface area (Å²) >= 11 is 0. The molecule has 2 atom stereocenters. The molecular formula is C12H26N2O. The van der Waals surface area contributed by atoms with E-state index in [4.69, 9.17) is 5.73 Å². The van der Waals surface area contributed by atoms with Crippen molar-refractivity contribution in [3.63, 3.8) is 0 Å². The van der Waals surface area contributed by atoms with Gasteiger partial charge in [-0.25, -0.2) is 0 Å². The first-order valence-corrected chi connectivity index (χ1v) is 5.81. The van der Waals surface area contributed by atoms with Crippen molar-refractivity contribution in [3.8, 4) is 0 Å². The van der Waals surface area contributed by atoms with Crippen LogP contribution in [0, 0.1) is 5.41 Å². The number of nitrogens with zero attached hydrogens (tertiary/aromatic N) is 1. The maximum Gasteiger partial charge on any atom is 0.240 e. The quantitative estimate of drug-likeness (QED) is 0.778. The smallest absolute Gasteiger partial charge is 0.240 e. The van der Waals surface area contributed by atoms with Crippen molar-refractivity contribution < 1.29 is 4.79 Å². The van der Waals surface area contributed by atoms with Gasteiger partial charge >= 0.3 is 0 Å². The Labute approximate surface area is 94.0 Å². The number of hydrogen-bond acceptors (Lipinski definition) is 2. The summed E-state index contributed by atoms with van der Waals surface area (Å²) in [5, 5.41) is 0. The predicted octanol–water partition coefficient (Wildman–Crippen LogP) is 2.01. The lowest BCUT2D eigenvalue weighted by Crippen LogP contribution is -2.52. The molecule has 3 heteroatoms. The Morgan fingerprint density at radius 3 is 2.07 bits per heavy atom. The number of nitrogens with two attached hydrogens (primary N) is 1. The monoisotopic (exact) mass is 214 g/mol. The fourth-order valence-electron chi connectivity index (χ4n) is 1.45. The normalized spacial score (nSPS) is 15.9. The molecule has 0 aliphatic heterocycles. The van der Waals surface area contributed by atoms with Crippen LogP contribution in [-0.2, 0) is 4.79 Å². The maximum absolute atomic E-state index is 12.1. The standard InChI is InChI=1S/C12H26N2O/c1-7-9(3)14(8-2)11(15)10(13)12(4,5)6/h9-10H,7-8,13H2,1-6H3/t9?,10-/m0/s1. The summed E-state index contributed by atoms with van der Waals surface area (Å²) in [5.74, 6) is 0.0688. The van der Waals surface area contributed by atoms with E-state index < -0.39 is 6.04 Å². The van der Waals surface area contributed by atoms with Crippen molar-refractivity contribution >= 4 is 5.91 Å². The second-order valence-corrected chi connectivity index (χ2v) is 5.23. The third-order valence-corrected chi connectivity index (χ3v) is 2.95. The predicted molar refractivity (Wildman–Crippen MR) is 64.6 cm³/mol. The van der Waals surface area contributed by atoms with Crippen LogP contribution in [0.3, 0.4) is 0 Å². The number of rotatable bonds is 4. The van der Waals surface area contributed by atoms with E-state index in [1.54, 1.807) is 0 Å². The fourth-order valence-corrected chi connectivity index (χ4v) is 1.45. The highest BCUT2D eigenvalue weighted by atomic mass is 16.2. The van der Waals surface area contributed by atoms with Gasteiger partial charge < -0.3 is 10.6 Å². The van der Waals surface area contributed by atoms with Crippen LogP contribution in [0.2, 0.25) is 0 Å². The Bertz CT molecular complexity index is 208. The summed E-state index contributed by atoms with van der Waals surface area (Å²) in [6.45, 7) is 12.9. The van der Waals surface area contributed by atoms with E-state index in [1.165, 1.54) is 0 Å². The highest BCUT2D eigenvalue weighted by Gasteiger charge is 2.31. The SMILES string of the molecule is CCC(C)N(CC)C(=O)[C@H](N)C(C)(C)C. The van der Waals surface area contributed by atoms with Crippen LogP contribution in [0.4, 0.5) is 0 Å². The highest BCUT2D eigenvalue weighted by Crippen LogP contribution is 2.20. The molecule has 90 valence electrons. The number of hydrogen-bond donors (Lipinski definition) is 1. The van der Waals surface area contributed by atoms with Crippen molar-refractivity contribution in [2.45, 2.75) is 60.0 Å². The largest absolute Gasteiger partial charge is 0.339 e. The molecule has 0 aromatic carbocycles. The molecular weight excluding hydrogens is 188 g/mol. The van der Waals surface area contributed by atoms with Gasteiger partial charge in [0, 0.05) is 12.6 Å². The van der Waals surface area contributed by atoms with Gasteiger partial charge in [-0.3, -0.25) is 4.79 Å². The molecule has 0 fully saturated rings. The lowest BCUT2D eigenvalue weighted by atomic mass is 9.86. The lowest BCUT2D eigenvalue weighted by Gasteiger charge is -2.34. The van der Waals surface area contributed by atoms with Gasteiger partial charge in [0.05, 0.1) is 6.04 Å². The third-order valence-electron chi connectivity index (χ3n) is 2.95. The minimum absolute atomic E-state index is 0.0688. The molecule has 1 unspecified atom stereocenters. The fraction of sp³-hybridized carbons (Fsp3) is 0.917. The van der Waals surface area contributed by atoms with Crippen molar-refractivity contribution in [1.29, 1.82) is 0 Å². The van der Waals surface area contributed by atoms with E-state index in [9.17, 15) is 4.79 Å². The Morgan fingerprint density at radius 1 is 1.33 bits per heavy atom. The first-order chi connectivity index (χ1) is 6.75. The first kappa shape index (κ1) is 14.4. The molecule has 0 rings (SSSR count). The number of amides is 1. The van der Waals surface area contributed by atoms with E-state index in [0.717, 1.165) is 13.0 Å². The molecule has 0 radical (unpaired) electrons. The van der Waals surface area contributed by atoms with Crippen LogP contribution in [-0.4, -0.2) is 29.4 Å². The van der Waals surface area contributed by atoms with Gasteiger partial charge in [0.1, 0.15) is 0 Å². The summed E-state index contributed by atoms with van der Waals surface area (Å²) in [4.78, 5) is 14.0. The molecule has 15 heavy (non-hydrogen) atoms. The zero-order valence-corrected chi connectivity index (χ0v) is 11.0. The number of carbonyl (C=O) groups excluding carboxylic acids is 1. The molecule has 0 aromatic rings. The van der Waals surface area contributed by atoms with Gasteiger partial charge in [0.15, 0.2) is 0 Å². The third kappa shape index (κ3) is 3.82. The summed E-state index contributed by atoms with van der Waals surface area (Å²) in [6, 6.07) is -0.137. The van der Waals surface area contributed by atoms with Gasteiger partial charge in [0.25, 0.3) is 0 Å². The molecule has 0 bridgehead atoms. The Hall–Kier alpha value is -0.570. The van der Waals surface area contributed by atoms with Crippen LogP contribution < -0.4 is 5.73 Å². The summed E-state index contributed by atoms with van der Waals surface area (Å²) < 4.78 is 0. The van der Waals surface area contributed by atoms with E-state index in [-0.39, 0.29) is 17.4 Å². The second-order valence-electron chi connectivity index (χ2n) is 5.23. The molecule has 0 spiro atoms. The molecule has 3 nitrogen and oxygen atoms in total. The Balaban J connectivity index is 4.66.